The highest BCUT2D eigenvalue weighted by atomic mass is 16.5. The van der Waals surface area contributed by atoms with Crippen LogP contribution in [0.15, 0.2) is 30.9 Å². The summed E-state index contributed by atoms with van der Waals surface area (Å²) in [5, 5.41) is 4.39. The first kappa shape index (κ1) is 14.8. The molecule has 24 heavy (non-hydrogen) atoms. The lowest BCUT2D eigenvalue weighted by Gasteiger charge is -2.22. The van der Waals surface area contributed by atoms with E-state index in [4.69, 9.17) is 4.74 Å². The van der Waals surface area contributed by atoms with Gasteiger partial charge in [-0.1, -0.05) is 0 Å². The first-order chi connectivity index (χ1) is 11.7. The van der Waals surface area contributed by atoms with Gasteiger partial charge >= 0.3 is 5.97 Å². The zero-order valence-corrected chi connectivity index (χ0v) is 13.3. The van der Waals surface area contributed by atoms with Crippen molar-refractivity contribution in [1.82, 2.24) is 24.1 Å². The number of ether oxygens (including phenoxy) is 2. The predicted octanol–water partition coefficient (Wildman–Crippen LogP) is 2.08. The summed E-state index contributed by atoms with van der Waals surface area (Å²) in [5.74, 6) is -0.0427. The lowest BCUT2D eigenvalue weighted by molar-refractivity contribution is -0.0394. The van der Waals surface area contributed by atoms with Gasteiger partial charge in [0.1, 0.15) is 6.23 Å². The summed E-state index contributed by atoms with van der Waals surface area (Å²) in [4.78, 5) is 20.2. The maximum Gasteiger partial charge on any atom is 0.356 e. The molecular weight excluding hydrogens is 310 g/mol. The number of hydrogen-bond donors (Lipinski definition) is 0. The minimum Gasteiger partial charge on any atom is -0.464 e. The molecule has 3 aromatic heterocycles. The number of methoxy groups -OCH3 is 1. The molecule has 0 aliphatic carbocycles. The van der Waals surface area contributed by atoms with Crippen LogP contribution in [-0.2, 0) is 9.47 Å². The fraction of sp³-hybridized carbons (Fsp3) is 0.375. The molecule has 124 valence electrons. The van der Waals surface area contributed by atoms with Crippen LogP contribution < -0.4 is 0 Å². The Bertz CT molecular complexity index is 879. The number of hydrogen-bond acceptors (Lipinski definition) is 6. The quantitative estimate of drug-likeness (QED) is 0.685. The van der Waals surface area contributed by atoms with Crippen LogP contribution in [0, 0.1) is 0 Å². The third-order valence-electron chi connectivity index (χ3n) is 4.07. The molecule has 8 heteroatoms. The molecule has 1 fully saturated rings. The molecular formula is C16H17N5O3. The van der Waals surface area contributed by atoms with E-state index in [0.717, 1.165) is 37.1 Å². The molecule has 0 saturated carbocycles. The van der Waals surface area contributed by atoms with E-state index in [-0.39, 0.29) is 11.9 Å². The highest BCUT2D eigenvalue weighted by Gasteiger charge is 2.18. The number of imidazole rings is 1. The van der Waals surface area contributed by atoms with Gasteiger partial charge < -0.3 is 9.47 Å². The van der Waals surface area contributed by atoms with Crippen LogP contribution in [0.4, 0.5) is 0 Å². The number of aromatic nitrogens is 5. The molecule has 1 saturated heterocycles. The molecule has 0 amide bonds. The van der Waals surface area contributed by atoms with Crippen molar-refractivity contribution >= 4 is 11.7 Å². The number of carbonyl (C=O) groups is 1. The molecule has 0 bridgehead atoms. The second-order valence-electron chi connectivity index (χ2n) is 5.67. The number of rotatable bonds is 3. The Morgan fingerprint density at radius 2 is 2.25 bits per heavy atom. The van der Waals surface area contributed by atoms with Crippen LogP contribution in [0.5, 0.6) is 0 Å². The Kier molecular flexibility index (Phi) is 3.73. The summed E-state index contributed by atoms with van der Waals surface area (Å²) in [7, 11) is 1.33. The number of carbonyl (C=O) groups excluding carboxylic acids is 1. The minimum atomic E-state index is -0.482. The molecule has 0 spiro atoms. The van der Waals surface area contributed by atoms with Crippen LogP contribution in [0.1, 0.15) is 36.0 Å². The molecule has 4 heterocycles. The summed E-state index contributed by atoms with van der Waals surface area (Å²) < 4.78 is 14.0. The normalized spacial score (nSPS) is 18.0. The fourth-order valence-electron chi connectivity index (χ4n) is 2.79. The predicted molar refractivity (Wildman–Crippen MR) is 84.4 cm³/mol. The lowest BCUT2D eigenvalue weighted by atomic mass is 10.2. The van der Waals surface area contributed by atoms with E-state index in [9.17, 15) is 4.79 Å². The average Bonchev–Trinajstić information content (AvgIpc) is 3.27. The Morgan fingerprint density at radius 3 is 3.04 bits per heavy atom. The molecule has 1 unspecified atom stereocenters. The first-order valence-corrected chi connectivity index (χ1v) is 7.85. The van der Waals surface area contributed by atoms with E-state index < -0.39 is 5.97 Å². The molecule has 0 N–H and O–H groups in total. The molecule has 8 nitrogen and oxygen atoms in total. The van der Waals surface area contributed by atoms with Gasteiger partial charge in [0.05, 0.1) is 19.0 Å². The Balaban J connectivity index is 1.64. The monoisotopic (exact) mass is 327 g/mol. The summed E-state index contributed by atoms with van der Waals surface area (Å²) in [6, 6.07) is 1.60. The zero-order valence-electron chi connectivity index (χ0n) is 13.3. The Labute approximate surface area is 138 Å². The molecule has 3 aromatic rings. The van der Waals surface area contributed by atoms with Gasteiger partial charge in [-0.2, -0.15) is 5.10 Å². The SMILES string of the molecule is COC(=O)c1ccn2cc(-c3cnn(C4CCCCO4)c3)nc2n1. The molecule has 1 atom stereocenters. The zero-order chi connectivity index (χ0) is 16.5. The van der Waals surface area contributed by atoms with Crippen LogP contribution in [-0.4, -0.2) is 43.8 Å². The van der Waals surface area contributed by atoms with Gasteiger partial charge in [-0.05, 0) is 25.3 Å². The van der Waals surface area contributed by atoms with Crippen molar-refractivity contribution in [3.05, 3.63) is 36.5 Å². The van der Waals surface area contributed by atoms with E-state index in [0.29, 0.717) is 5.78 Å². The Hall–Kier alpha value is -2.74. The van der Waals surface area contributed by atoms with Crippen molar-refractivity contribution in [1.29, 1.82) is 0 Å². The summed E-state index contributed by atoms with van der Waals surface area (Å²) in [6.07, 6.45) is 10.5. The van der Waals surface area contributed by atoms with Crippen LogP contribution in [0.25, 0.3) is 17.0 Å². The Morgan fingerprint density at radius 1 is 1.33 bits per heavy atom. The molecule has 1 aliphatic heterocycles. The number of esters is 1. The van der Waals surface area contributed by atoms with Crippen molar-refractivity contribution in [2.75, 3.05) is 13.7 Å². The number of fused-ring (bicyclic) bond motifs is 1. The van der Waals surface area contributed by atoms with Gasteiger partial charge in [-0.15, -0.1) is 0 Å². The highest BCUT2D eigenvalue weighted by Crippen LogP contribution is 2.25. The van der Waals surface area contributed by atoms with Gasteiger partial charge in [-0.25, -0.2) is 19.4 Å². The molecule has 0 aromatic carbocycles. The van der Waals surface area contributed by atoms with E-state index in [2.05, 4.69) is 19.8 Å². The topological polar surface area (TPSA) is 83.5 Å². The standard InChI is InChI=1S/C16H17N5O3/c1-23-15(22)12-5-6-20-10-13(19-16(20)18-12)11-8-17-21(9-11)14-4-2-3-7-24-14/h5-6,8-10,14H,2-4,7H2,1H3. The average molecular weight is 327 g/mol. The van der Waals surface area contributed by atoms with E-state index in [1.807, 2.05) is 17.1 Å². The summed E-state index contributed by atoms with van der Waals surface area (Å²) >= 11 is 0. The van der Waals surface area contributed by atoms with Gasteiger partial charge in [-0.3, -0.25) is 4.40 Å². The van der Waals surface area contributed by atoms with Crippen LogP contribution >= 0.6 is 0 Å². The minimum absolute atomic E-state index is 0.00594. The van der Waals surface area contributed by atoms with Gasteiger partial charge in [0, 0.05) is 30.8 Å². The van der Waals surface area contributed by atoms with Crippen molar-refractivity contribution in [3.63, 3.8) is 0 Å². The molecule has 4 rings (SSSR count). The number of nitrogens with zero attached hydrogens (tertiary/aromatic N) is 5. The van der Waals surface area contributed by atoms with Crippen molar-refractivity contribution < 1.29 is 14.3 Å². The highest BCUT2D eigenvalue weighted by molar-refractivity contribution is 5.87. The van der Waals surface area contributed by atoms with Crippen molar-refractivity contribution in [3.8, 4) is 11.3 Å². The van der Waals surface area contributed by atoms with Gasteiger partial charge in [0.2, 0.25) is 5.78 Å². The van der Waals surface area contributed by atoms with E-state index in [1.54, 1.807) is 22.9 Å². The van der Waals surface area contributed by atoms with Crippen molar-refractivity contribution in [2.45, 2.75) is 25.5 Å². The van der Waals surface area contributed by atoms with Crippen LogP contribution in [0.2, 0.25) is 0 Å². The van der Waals surface area contributed by atoms with E-state index in [1.165, 1.54) is 7.11 Å². The van der Waals surface area contributed by atoms with Crippen molar-refractivity contribution in [2.24, 2.45) is 0 Å². The maximum absolute atomic E-state index is 11.6. The van der Waals surface area contributed by atoms with Gasteiger partial charge in [0.15, 0.2) is 5.69 Å². The second kappa shape index (κ2) is 6.04. The summed E-state index contributed by atoms with van der Waals surface area (Å²) in [6.45, 7) is 0.772. The second-order valence-corrected chi connectivity index (χ2v) is 5.67. The first-order valence-electron chi connectivity index (χ1n) is 7.85. The van der Waals surface area contributed by atoms with Gasteiger partial charge in [0.25, 0.3) is 0 Å². The largest absolute Gasteiger partial charge is 0.464 e. The third kappa shape index (κ3) is 2.65. The van der Waals surface area contributed by atoms with E-state index >= 15 is 0 Å². The molecule has 0 radical (unpaired) electrons. The molecule has 1 aliphatic rings. The smallest absolute Gasteiger partial charge is 0.356 e. The van der Waals surface area contributed by atoms with Crippen LogP contribution in [0.3, 0.4) is 0 Å². The third-order valence-corrected chi connectivity index (χ3v) is 4.07. The maximum atomic E-state index is 11.6. The fourth-order valence-corrected chi connectivity index (χ4v) is 2.79. The lowest BCUT2D eigenvalue weighted by Crippen LogP contribution is -2.18. The summed E-state index contributed by atoms with van der Waals surface area (Å²) in [5.41, 5.74) is 1.86.